The molecule has 2 aromatic rings. The fraction of sp³-hybridized carbons (Fsp3) is 0.0714. The van der Waals surface area contributed by atoms with Crippen molar-refractivity contribution in [3.05, 3.63) is 46.4 Å². The van der Waals surface area contributed by atoms with Crippen LogP contribution >= 0.6 is 15.9 Å². The highest BCUT2D eigenvalue weighted by Gasteiger charge is 2.17. The molecule has 0 unspecified atom stereocenters. The van der Waals surface area contributed by atoms with E-state index in [1.165, 1.54) is 0 Å². The lowest BCUT2D eigenvalue weighted by Gasteiger charge is -2.07. The number of carboxylic acids is 1. The van der Waals surface area contributed by atoms with Gasteiger partial charge in [-0.1, -0.05) is 28.1 Å². The Morgan fingerprint density at radius 1 is 1.16 bits per heavy atom. The summed E-state index contributed by atoms with van der Waals surface area (Å²) in [6.45, 7) is 0.209. The maximum absolute atomic E-state index is 11.0. The van der Waals surface area contributed by atoms with Gasteiger partial charge >= 0.3 is 5.97 Å². The molecule has 0 aliphatic carbocycles. The van der Waals surface area contributed by atoms with Crippen LogP contribution in [0.1, 0.15) is 10.4 Å². The summed E-state index contributed by atoms with van der Waals surface area (Å²) in [4.78, 5) is 11.0. The molecule has 1 aliphatic rings. The molecule has 0 radical (unpaired) electrons. The van der Waals surface area contributed by atoms with Crippen LogP contribution in [0.15, 0.2) is 40.9 Å². The SMILES string of the molecule is O=C(O)c1cccc(-c2cc3c(cc2Br)OCO3)c1. The number of hydrogen-bond acceptors (Lipinski definition) is 3. The van der Waals surface area contributed by atoms with Crippen LogP contribution < -0.4 is 9.47 Å². The zero-order chi connectivity index (χ0) is 13.4. The Bertz CT molecular complexity index is 666. The second kappa shape index (κ2) is 4.59. The number of benzene rings is 2. The summed E-state index contributed by atoms with van der Waals surface area (Å²) < 4.78 is 11.5. The van der Waals surface area contributed by atoms with Crippen molar-refractivity contribution < 1.29 is 19.4 Å². The van der Waals surface area contributed by atoms with Crippen molar-refractivity contribution in [2.45, 2.75) is 0 Å². The normalized spacial score (nSPS) is 12.5. The highest BCUT2D eigenvalue weighted by atomic mass is 79.9. The second-order valence-corrected chi connectivity index (χ2v) is 4.93. The van der Waals surface area contributed by atoms with Crippen LogP contribution in [0.5, 0.6) is 11.5 Å². The molecule has 19 heavy (non-hydrogen) atoms. The van der Waals surface area contributed by atoms with Crippen LogP contribution in [0.2, 0.25) is 0 Å². The number of halogens is 1. The van der Waals surface area contributed by atoms with Gasteiger partial charge in [0, 0.05) is 4.47 Å². The lowest BCUT2D eigenvalue weighted by molar-refractivity contribution is 0.0697. The van der Waals surface area contributed by atoms with Crippen LogP contribution in [-0.4, -0.2) is 17.9 Å². The first-order chi connectivity index (χ1) is 9.15. The van der Waals surface area contributed by atoms with Gasteiger partial charge in [-0.3, -0.25) is 0 Å². The molecule has 1 aliphatic heterocycles. The molecule has 0 fully saturated rings. The topological polar surface area (TPSA) is 55.8 Å². The maximum atomic E-state index is 11.0. The summed E-state index contributed by atoms with van der Waals surface area (Å²) in [6.07, 6.45) is 0. The van der Waals surface area contributed by atoms with Crippen molar-refractivity contribution in [2.75, 3.05) is 6.79 Å². The van der Waals surface area contributed by atoms with Gasteiger partial charge in [0.05, 0.1) is 5.56 Å². The molecule has 0 saturated heterocycles. The molecule has 0 atom stereocenters. The Hall–Kier alpha value is -2.01. The first-order valence-corrected chi connectivity index (χ1v) is 6.37. The third-order valence-corrected chi connectivity index (χ3v) is 3.54. The molecule has 0 bridgehead atoms. The predicted molar refractivity (Wildman–Crippen MR) is 72.7 cm³/mol. The molecule has 5 heteroatoms. The van der Waals surface area contributed by atoms with Gasteiger partial charge in [0.2, 0.25) is 6.79 Å². The van der Waals surface area contributed by atoms with Crippen LogP contribution in [-0.2, 0) is 0 Å². The molecule has 0 aromatic heterocycles. The van der Waals surface area contributed by atoms with Crippen LogP contribution in [0, 0.1) is 0 Å². The van der Waals surface area contributed by atoms with E-state index in [-0.39, 0.29) is 12.4 Å². The van der Waals surface area contributed by atoms with E-state index >= 15 is 0 Å². The summed E-state index contributed by atoms with van der Waals surface area (Å²) in [6, 6.07) is 10.4. The summed E-state index contributed by atoms with van der Waals surface area (Å²) in [5.41, 5.74) is 1.93. The first kappa shape index (κ1) is 12.0. The highest BCUT2D eigenvalue weighted by molar-refractivity contribution is 9.10. The molecule has 4 nitrogen and oxygen atoms in total. The zero-order valence-electron chi connectivity index (χ0n) is 9.72. The van der Waals surface area contributed by atoms with E-state index < -0.39 is 5.97 Å². The van der Waals surface area contributed by atoms with Crippen LogP contribution in [0.3, 0.4) is 0 Å². The molecule has 3 rings (SSSR count). The quantitative estimate of drug-likeness (QED) is 0.919. The van der Waals surface area contributed by atoms with Crippen LogP contribution in [0.25, 0.3) is 11.1 Å². The number of carboxylic acid groups (broad SMARTS) is 1. The van der Waals surface area contributed by atoms with E-state index in [9.17, 15) is 4.79 Å². The molecule has 2 aromatic carbocycles. The van der Waals surface area contributed by atoms with E-state index in [1.54, 1.807) is 18.2 Å². The van der Waals surface area contributed by atoms with E-state index in [0.29, 0.717) is 11.5 Å². The summed E-state index contributed by atoms with van der Waals surface area (Å²) in [5, 5.41) is 9.02. The van der Waals surface area contributed by atoms with Gasteiger partial charge in [-0.15, -0.1) is 0 Å². The maximum Gasteiger partial charge on any atom is 0.335 e. The molecule has 0 spiro atoms. The number of aromatic carboxylic acids is 1. The Balaban J connectivity index is 2.12. The van der Waals surface area contributed by atoms with Crippen molar-refractivity contribution >= 4 is 21.9 Å². The molecule has 1 N–H and O–H groups in total. The smallest absolute Gasteiger partial charge is 0.335 e. The summed E-state index contributed by atoms with van der Waals surface area (Å²) in [5.74, 6) is 0.405. The van der Waals surface area contributed by atoms with Gasteiger partial charge < -0.3 is 14.6 Å². The number of fused-ring (bicyclic) bond motifs is 1. The van der Waals surface area contributed by atoms with Gasteiger partial charge in [-0.05, 0) is 35.4 Å². The van der Waals surface area contributed by atoms with Crippen molar-refractivity contribution in [2.24, 2.45) is 0 Å². The third-order valence-electron chi connectivity index (χ3n) is 2.88. The number of carbonyl (C=O) groups is 1. The second-order valence-electron chi connectivity index (χ2n) is 4.07. The average Bonchev–Trinajstić information content (AvgIpc) is 2.85. The fourth-order valence-corrected chi connectivity index (χ4v) is 2.51. The van der Waals surface area contributed by atoms with Crippen molar-refractivity contribution in [3.63, 3.8) is 0 Å². The minimum atomic E-state index is -0.946. The standard InChI is InChI=1S/C14H9BrO4/c15-11-6-13-12(18-7-19-13)5-10(11)8-2-1-3-9(4-8)14(16)17/h1-6H,7H2,(H,16,17). The van der Waals surface area contributed by atoms with Gasteiger partial charge in [0.1, 0.15) is 0 Å². The largest absolute Gasteiger partial charge is 0.478 e. The van der Waals surface area contributed by atoms with E-state index in [1.807, 2.05) is 18.2 Å². The summed E-state index contributed by atoms with van der Waals surface area (Å²) >= 11 is 3.47. The zero-order valence-corrected chi connectivity index (χ0v) is 11.3. The number of rotatable bonds is 2. The van der Waals surface area contributed by atoms with Crippen molar-refractivity contribution in [1.82, 2.24) is 0 Å². The van der Waals surface area contributed by atoms with Crippen molar-refractivity contribution in [3.8, 4) is 22.6 Å². The first-order valence-electron chi connectivity index (χ1n) is 5.58. The minimum absolute atomic E-state index is 0.209. The fourth-order valence-electron chi connectivity index (χ4n) is 1.96. The Morgan fingerprint density at radius 2 is 1.89 bits per heavy atom. The third kappa shape index (κ3) is 2.17. The highest BCUT2D eigenvalue weighted by Crippen LogP contribution is 2.41. The van der Waals surface area contributed by atoms with Crippen molar-refractivity contribution in [1.29, 1.82) is 0 Å². The van der Waals surface area contributed by atoms with Gasteiger partial charge in [-0.2, -0.15) is 0 Å². The Morgan fingerprint density at radius 3 is 2.63 bits per heavy atom. The monoisotopic (exact) mass is 320 g/mol. The molecule has 0 amide bonds. The van der Waals surface area contributed by atoms with E-state index in [4.69, 9.17) is 14.6 Å². The van der Waals surface area contributed by atoms with E-state index in [0.717, 1.165) is 15.6 Å². The van der Waals surface area contributed by atoms with Gasteiger partial charge in [-0.25, -0.2) is 4.79 Å². The lowest BCUT2D eigenvalue weighted by atomic mass is 10.0. The molecular formula is C14H9BrO4. The number of hydrogen-bond donors (Lipinski definition) is 1. The minimum Gasteiger partial charge on any atom is -0.478 e. The average molecular weight is 321 g/mol. The lowest BCUT2D eigenvalue weighted by Crippen LogP contribution is -1.95. The predicted octanol–water partition coefficient (Wildman–Crippen LogP) is 3.54. The van der Waals surface area contributed by atoms with E-state index in [2.05, 4.69) is 15.9 Å². The molecule has 96 valence electrons. The Kier molecular flexibility index (Phi) is 2.91. The molecule has 1 heterocycles. The van der Waals surface area contributed by atoms with Crippen LogP contribution in [0.4, 0.5) is 0 Å². The van der Waals surface area contributed by atoms with Gasteiger partial charge in [0.15, 0.2) is 11.5 Å². The Labute approximate surface area is 117 Å². The van der Waals surface area contributed by atoms with Gasteiger partial charge in [0.25, 0.3) is 0 Å². The number of ether oxygens (including phenoxy) is 2. The molecule has 0 saturated carbocycles. The molecular weight excluding hydrogens is 312 g/mol. The summed E-state index contributed by atoms with van der Waals surface area (Å²) in [7, 11) is 0.